The second kappa shape index (κ2) is 10.7. The van der Waals surface area contributed by atoms with Crippen LogP contribution in [0.4, 0.5) is 5.69 Å². The lowest BCUT2D eigenvalue weighted by atomic mass is 10.00. The van der Waals surface area contributed by atoms with Crippen molar-refractivity contribution >= 4 is 11.6 Å². The number of ether oxygens (including phenoxy) is 1. The van der Waals surface area contributed by atoms with Crippen molar-refractivity contribution in [2.24, 2.45) is 5.92 Å². The van der Waals surface area contributed by atoms with Crippen molar-refractivity contribution in [3.63, 3.8) is 0 Å². The molecule has 30 heavy (non-hydrogen) atoms. The SMILES string of the molecule is Cc1cc(C)cc(NC(=O)[C@H](NC[C@H](C(C)C)N2CCOCC2)c2ccccc2)c1. The van der Waals surface area contributed by atoms with E-state index in [0.717, 1.165) is 55.2 Å². The predicted molar refractivity (Wildman–Crippen MR) is 123 cm³/mol. The van der Waals surface area contributed by atoms with Gasteiger partial charge >= 0.3 is 0 Å². The first kappa shape index (κ1) is 22.5. The molecular formula is C25H35N3O2. The number of nitrogens with zero attached hydrogens (tertiary/aromatic N) is 1. The molecule has 0 aliphatic carbocycles. The maximum absolute atomic E-state index is 13.3. The maximum Gasteiger partial charge on any atom is 0.246 e. The second-order valence-corrected chi connectivity index (χ2v) is 8.58. The van der Waals surface area contributed by atoms with Crippen molar-refractivity contribution in [3.8, 4) is 0 Å². The molecule has 0 bridgehead atoms. The summed E-state index contributed by atoms with van der Waals surface area (Å²) in [5, 5.41) is 6.69. The number of amides is 1. The molecule has 5 heteroatoms. The topological polar surface area (TPSA) is 53.6 Å². The number of anilines is 1. The van der Waals surface area contributed by atoms with Crippen LogP contribution in [0.15, 0.2) is 48.5 Å². The van der Waals surface area contributed by atoms with Gasteiger partial charge in [-0.3, -0.25) is 9.69 Å². The minimum atomic E-state index is -0.408. The first-order chi connectivity index (χ1) is 14.4. The zero-order valence-corrected chi connectivity index (χ0v) is 18.7. The number of carbonyl (C=O) groups is 1. The number of aryl methyl sites for hydroxylation is 2. The number of nitrogens with one attached hydrogen (secondary N) is 2. The molecule has 0 saturated carbocycles. The van der Waals surface area contributed by atoms with E-state index in [9.17, 15) is 4.79 Å². The van der Waals surface area contributed by atoms with E-state index in [2.05, 4.69) is 35.4 Å². The molecule has 5 nitrogen and oxygen atoms in total. The van der Waals surface area contributed by atoms with Crippen LogP contribution in [0.3, 0.4) is 0 Å². The Morgan fingerprint density at radius 2 is 1.67 bits per heavy atom. The standard InChI is InChI=1S/C25H35N3O2/c1-18(2)23(28-10-12-30-13-11-28)17-26-24(21-8-6-5-7-9-21)25(29)27-22-15-19(3)14-20(4)16-22/h5-9,14-16,18,23-24,26H,10-13,17H2,1-4H3,(H,27,29)/t23-,24-/m1/s1. The molecule has 2 N–H and O–H groups in total. The lowest BCUT2D eigenvalue weighted by Crippen LogP contribution is -2.51. The molecule has 0 radical (unpaired) electrons. The number of benzene rings is 2. The fourth-order valence-corrected chi connectivity index (χ4v) is 4.20. The van der Waals surface area contributed by atoms with Gasteiger partial charge in [-0.25, -0.2) is 0 Å². The Hall–Kier alpha value is -2.21. The smallest absolute Gasteiger partial charge is 0.246 e. The van der Waals surface area contributed by atoms with Crippen LogP contribution in [0.1, 0.15) is 36.6 Å². The molecule has 2 aromatic carbocycles. The first-order valence-corrected chi connectivity index (χ1v) is 10.9. The Balaban J connectivity index is 1.75. The van der Waals surface area contributed by atoms with Crippen molar-refractivity contribution in [3.05, 3.63) is 65.2 Å². The van der Waals surface area contributed by atoms with Crippen LogP contribution in [0.5, 0.6) is 0 Å². The highest BCUT2D eigenvalue weighted by Gasteiger charge is 2.27. The highest BCUT2D eigenvalue weighted by atomic mass is 16.5. The van der Waals surface area contributed by atoms with Gasteiger partial charge in [0.2, 0.25) is 5.91 Å². The molecule has 0 aromatic heterocycles. The molecule has 2 aromatic rings. The van der Waals surface area contributed by atoms with Gasteiger partial charge in [0.1, 0.15) is 6.04 Å². The summed E-state index contributed by atoms with van der Waals surface area (Å²) >= 11 is 0. The molecule has 0 spiro atoms. The molecule has 1 aliphatic rings. The Morgan fingerprint density at radius 1 is 1.03 bits per heavy atom. The minimum absolute atomic E-state index is 0.0318. The number of rotatable bonds is 8. The van der Waals surface area contributed by atoms with E-state index in [0.29, 0.717) is 12.0 Å². The van der Waals surface area contributed by atoms with Gasteiger partial charge in [-0.05, 0) is 48.6 Å². The third-order valence-electron chi connectivity index (χ3n) is 5.70. The Morgan fingerprint density at radius 3 is 2.27 bits per heavy atom. The van der Waals surface area contributed by atoms with E-state index in [1.165, 1.54) is 0 Å². The molecule has 2 atom stereocenters. The monoisotopic (exact) mass is 409 g/mol. The first-order valence-electron chi connectivity index (χ1n) is 10.9. The number of hydrogen-bond donors (Lipinski definition) is 2. The quantitative estimate of drug-likeness (QED) is 0.694. The summed E-state index contributed by atoms with van der Waals surface area (Å²) in [6, 6.07) is 16.0. The summed E-state index contributed by atoms with van der Waals surface area (Å²) in [6.07, 6.45) is 0. The van der Waals surface area contributed by atoms with E-state index in [1.54, 1.807) is 0 Å². The lowest BCUT2D eigenvalue weighted by molar-refractivity contribution is -0.118. The molecule has 1 fully saturated rings. The van der Waals surface area contributed by atoms with Crippen molar-refractivity contribution in [2.45, 2.75) is 39.8 Å². The largest absolute Gasteiger partial charge is 0.379 e. The van der Waals surface area contributed by atoms with Gasteiger partial charge in [-0.2, -0.15) is 0 Å². The van der Waals surface area contributed by atoms with E-state index in [1.807, 2.05) is 56.3 Å². The van der Waals surface area contributed by atoms with Gasteiger partial charge in [-0.1, -0.05) is 50.2 Å². The van der Waals surface area contributed by atoms with Crippen LogP contribution in [0, 0.1) is 19.8 Å². The average Bonchev–Trinajstić information content (AvgIpc) is 2.71. The van der Waals surface area contributed by atoms with E-state index >= 15 is 0 Å². The van der Waals surface area contributed by atoms with Crippen LogP contribution in [0.2, 0.25) is 0 Å². The summed E-state index contributed by atoms with van der Waals surface area (Å²) < 4.78 is 5.52. The summed E-state index contributed by atoms with van der Waals surface area (Å²) in [7, 11) is 0. The van der Waals surface area contributed by atoms with Crippen molar-refractivity contribution < 1.29 is 9.53 Å². The van der Waals surface area contributed by atoms with Crippen LogP contribution < -0.4 is 10.6 Å². The van der Waals surface area contributed by atoms with Crippen LogP contribution in [-0.4, -0.2) is 49.7 Å². The van der Waals surface area contributed by atoms with Crippen LogP contribution in [0.25, 0.3) is 0 Å². The van der Waals surface area contributed by atoms with Crippen molar-refractivity contribution in [1.29, 1.82) is 0 Å². The Bertz CT molecular complexity index is 796. The second-order valence-electron chi connectivity index (χ2n) is 8.58. The Kier molecular flexibility index (Phi) is 8.02. The fraction of sp³-hybridized carbons (Fsp3) is 0.480. The fourth-order valence-electron chi connectivity index (χ4n) is 4.20. The highest BCUT2D eigenvalue weighted by Crippen LogP contribution is 2.20. The maximum atomic E-state index is 13.3. The van der Waals surface area contributed by atoms with Gasteiger partial charge in [0.25, 0.3) is 0 Å². The van der Waals surface area contributed by atoms with Crippen molar-refractivity contribution in [2.75, 3.05) is 38.2 Å². The minimum Gasteiger partial charge on any atom is -0.379 e. The van der Waals surface area contributed by atoms with Gasteiger partial charge in [0, 0.05) is 31.4 Å². The van der Waals surface area contributed by atoms with E-state index < -0.39 is 6.04 Å². The molecule has 1 saturated heterocycles. The van der Waals surface area contributed by atoms with Gasteiger partial charge in [-0.15, -0.1) is 0 Å². The Labute approximate surface area is 180 Å². The molecule has 1 aliphatic heterocycles. The zero-order chi connectivity index (χ0) is 21.5. The average molecular weight is 410 g/mol. The van der Waals surface area contributed by atoms with Gasteiger partial charge in [0.15, 0.2) is 0 Å². The van der Waals surface area contributed by atoms with E-state index in [4.69, 9.17) is 4.74 Å². The van der Waals surface area contributed by atoms with Crippen LogP contribution in [-0.2, 0) is 9.53 Å². The summed E-state index contributed by atoms with van der Waals surface area (Å²) in [5.41, 5.74) is 4.10. The predicted octanol–water partition coefficient (Wildman–Crippen LogP) is 3.93. The molecule has 3 rings (SSSR count). The van der Waals surface area contributed by atoms with Crippen molar-refractivity contribution in [1.82, 2.24) is 10.2 Å². The number of carbonyl (C=O) groups excluding carboxylic acids is 1. The van der Waals surface area contributed by atoms with E-state index in [-0.39, 0.29) is 5.91 Å². The highest BCUT2D eigenvalue weighted by molar-refractivity contribution is 5.95. The number of morpholine rings is 1. The summed E-state index contributed by atoms with van der Waals surface area (Å²) in [5.74, 6) is 0.449. The zero-order valence-electron chi connectivity index (χ0n) is 18.7. The molecular weight excluding hydrogens is 374 g/mol. The van der Waals surface area contributed by atoms with Gasteiger partial charge < -0.3 is 15.4 Å². The van der Waals surface area contributed by atoms with Gasteiger partial charge in [0.05, 0.1) is 13.2 Å². The normalized spacial score (nSPS) is 17.0. The molecule has 0 unspecified atom stereocenters. The summed E-state index contributed by atoms with van der Waals surface area (Å²) in [4.78, 5) is 15.8. The molecule has 1 heterocycles. The molecule has 1 amide bonds. The van der Waals surface area contributed by atoms with Crippen LogP contribution >= 0.6 is 0 Å². The third-order valence-corrected chi connectivity index (χ3v) is 5.70. The number of hydrogen-bond acceptors (Lipinski definition) is 4. The summed E-state index contributed by atoms with van der Waals surface area (Å²) in [6.45, 7) is 12.8. The molecule has 162 valence electrons. The third kappa shape index (κ3) is 6.14. The lowest BCUT2D eigenvalue weighted by Gasteiger charge is -2.37.